The van der Waals surface area contributed by atoms with E-state index in [1.165, 1.54) is 6.92 Å². The number of amides is 1. The molecule has 0 aromatic carbocycles. The number of methoxy groups -OCH3 is 1. The molecule has 0 fully saturated rings. The number of hydrogen-bond acceptors (Lipinski definition) is 5. The van der Waals surface area contributed by atoms with Gasteiger partial charge in [0.1, 0.15) is 0 Å². The van der Waals surface area contributed by atoms with Gasteiger partial charge in [0.15, 0.2) is 0 Å². The molecular formula is C17H29NO5. The zero-order valence-corrected chi connectivity index (χ0v) is 14.8. The van der Waals surface area contributed by atoms with Crippen molar-refractivity contribution in [3.63, 3.8) is 0 Å². The number of ether oxygens (including phenoxy) is 3. The van der Waals surface area contributed by atoms with E-state index in [0.29, 0.717) is 18.6 Å². The van der Waals surface area contributed by atoms with E-state index in [1.54, 1.807) is 20.1 Å². The van der Waals surface area contributed by atoms with Crippen molar-refractivity contribution in [3.05, 3.63) is 11.6 Å². The zero-order chi connectivity index (χ0) is 17.4. The standard InChI is InChI=1S/C17H29NO5/c1-6-13(7-2)23-15-10-12(17(20)22-8-3)9-14(21-5)16(15)18-11(4)19/h10,13-16H,6-9H2,1-5H3,(H,18,19)/t14-,15-,16-/m1/s1. The molecule has 0 heterocycles. The van der Waals surface area contributed by atoms with Crippen LogP contribution in [0.4, 0.5) is 0 Å². The summed E-state index contributed by atoms with van der Waals surface area (Å²) in [5.41, 5.74) is 0.538. The first-order valence-electron chi connectivity index (χ1n) is 8.29. The molecule has 0 bridgehead atoms. The lowest BCUT2D eigenvalue weighted by Gasteiger charge is -2.37. The summed E-state index contributed by atoms with van der Waals surface area (Å²) in [6.45, 7) is 7.65. The van der Waals surface area contributed by atoms with Crippen LogP contribution in [0.15, 0.2) is 11.6 Å². The van der Waals surface area contributed by atoms with Crippen molar-refractivity contribution in [1.29, 1.82) is 0 Å². The normalized spacial score (nSPS) is 24.3. The zero-order valence-electron chi connectivity index (χ0n) is 14.8. The fourth-order valence-electron chi connectivity index (χ4n) is 2.77. The van der Waals surface area contributed by atoms with E-state index in [1.807, 2.05) is 13.8 Å². The van der Waals surface area contributed by atoms with Crippen molar-refractivity contribution in [3.8, 4) is 0 Å². The van der Waals surface area contributed by atoms with Crippen molar-refractivity contribution < 1.29 is 23.8 Å². The van der Waals surface area contributed by atoms with E-state index >= 15 is 0 Å². The summed E-state index contributed by atoms with van der Waals surface area (Å²) in [6, 6.07) is -0.323. The lowest BCUT2D eigenvalue weighted by atomic mass is 9.89. The molecule has 1 rings (SSSR count). The SMILES string of the molecule is CCOC(=O)C1=C[C@@H](OC(CC)CC)[C@H](NC(C)=O)[C@H](OC)C1. The minimum atomic E-state index is -0.415. The Balaban J connectivity index is 3.06. The van der Waals surface area contributed by atoms with Crippen molar-refractivity contribution in [1.82, 2.24) is 5.32 Å². The summed E-state index contributed by atoms with van der Waals surface area (Å²) in [6.07, 6.45) is 3.20. The Hall–Kier alpha value is -1.40. The monoisotopic (exact) mass is 327 g/mol. The summed E-state index contributed by atoms with van der Waals surface area (Å²) in [5.74, 6) is -0.503. The highest BCUT2D eigenvalue weighted by Gasteiger charge is 2.37. The second-order valence-corrected chi connectivity index (χ2v) is 5.66. The number of carbonyl (C=O) groups excluding carboxylic acids is 2. The molecular weight excluding hydrogens is 298 g/mol. The van der Waals surface area contributed by atoms with Crippen LogP contribution in [0.5, 0.6) is 0 Å². The fraction of sp³-hybridized carbons (Fsp3) is 0.765. The van der Waals surface area contributed by atoms with Crippen LogP contribution in [-0.4, -0.2) is 49.9 Å². The van der Waals surface area contributed by atoms with Crippen LogP contribution in [-0.2, 0) is 23.8 Å². The third-order valence-electron chi connectivity index (χ3n) is 4.01. The fourth-order valence-corrected chi connectivity index (χ4v) is 2.77. The van der Waals surface area contributed by atoms with Crippen molar-refractivity contribution >= 4 is 11.9 Å². The van der Waals surface area contributed by atoms with E-state index < -0.39 is 6.10 Å². The smallest absolute Gasteiger partial charge is 0.333 e. The third-order valence-corrected chi connectivity index (χ3v) is 4.01. The average Bonchev–Trinajstić information content (AvgIpc) is 2.53. The second-order valence-electron chi connectivity index (χ2n) is 5.66. The highest BCUT2D eigenvalue weighted by molar-refractivity contribution is 5.89. The molecule has 1 aliphatic carbocycles. The quantitative estimate of drug-likeness (QED) is 0.690. The van der Waals surface area contributed by atoms with Crippen molar-refractivity contribution in [2.75, 3.05) is 13.7 Å². The summed E-state index contributed by atoms with van der Waals surface area (Å²) < 4.78 is 16.7. The Morgan fingerprint density at radius 2 is 1.96 bits per heavy atom. The minimum Gasteiger partial charge on any atom is -0.463 e. The average molecular weight is 327 g/mol. The molecule has 6 nitrogen and oxygen atoms in total. The van der Waals surface area contributed by atoms with Gasteiger partial charge >= 0.3 is 5.97 Å². The van der Waals surface area contributed by atoms with Gasteiger partial charge in [0.25, 0.3) is 0 Å². The Labute approximate surface area is 138 Å². The Kier molecular flexibility index (Phi) is 8.26. The van der Waals surface area contributed by atoms with Gasteiger partial charge in [-0.2, -0.15) is 0 Å². The van der Waals surface area contributed by atoms with Crippen LogP contribution >= 0.6 is 0 Å². The van der Waals surface area contributed by atoms with Crippen LogP contribution < -0.4 is 5.32 Å². The van der Waals surface area contributed by atoms with E-state index in [9.17, 15) is 9.59 Å². The number of esters is 1. The van der Waals surface area contributed by atoms with Crippen molar-refractivity contribution in [2.24, 2.45) is 0 Å². The molecule has 0 aromatic rings. The molecule has 23 heavy (non-hydrogen) atoms. The van der Waals surface area contributed by atoms with Gasteiger partial charge in [-0.15, -0.1) is 0 Å². The van der Waals surface area contributed by atoms with Crippen LogP contribution in [0.1, 0.15) is 47.0 Å². The van der Waals surface area contributed by atoms with Gasteiger partial charge in [-0.3, -0.25) is 4.79 Å². The largest absolute Gasteiger partial charge is 0.463 e. The molecule has 0 unspecified atom stereocenters. The van der Waals surface area contributed by atoms with Crippen LogP contribution in [0.2, 0.25) is 0 Å². The second kappa shape index (κ2) is 9.67. The van der Waals surface area contributed by atoms with Gasteiger partial charge < -0.3 is 19.5 Å². The molecule has 1 aliphatic rings. The van der Waals surface area contributed by atoms with Crippen LogP contribution in [0.25, 0.3) is 0 Å². The predicted molar refractivity (Wildman–Crippen MR) is 87.0 cm³/mol. The van der Waals surface area contributed by atoms with Crippen LogP contribution in [0, 0.1) is 0 Å². The van der Waals surface area contributed by atoms with Gasteiger partial charge in [0.2, 0.25) is 5.91 Å². The number of nitrogens with one attached hydrogen (secondary N) is 1. The maximum absolute atomic E-state index is 12.1. The first-order valence-corrected chi connectivity index (χ1v) is 8.29. The lowest BCUT2D eigenvalue weighted by Crippen LogP contribution is -2.54. The van der Waals surface area contributed by atoms with E-state index in [2.05, 4.69) is 5.32 Å². The highest BCUT2D eigenvalue weighted by atomic mass is 16.5. The van der Waals surface area contributed by atoms with Gasteiger partial charge in [0, 0.05) is 26.0 Å². The van der Waals surface area contributed by atoms with Crippen LogP contribution in [0.3, 0.4) is 0 Å². The van der Waals surface area contributed by atoms with E-state index in [-0.39, 0.29) is 30.1 Å². The number of carbonyl (C=O) groups is 2. The Morgan fingerprint density at radius 3 is 2.43 bits per heavy atom. The molecule has 3 atom stereocenters. The van der Waals surface area contributed by atoms with Gasteiger partial charge in [-0.1, -0.05) is 13.8 Å². The predicted octanol–water partition coefficient (Wildman–Crippen LogP) is 1.97. The third kappa shape index (κ3) is 5.62. The first kappa shape index (κ1) is 19.6. The molecule has 6 heteroatoms. The topological polar surface area (TPSA) is 73.9 Å². The Bertz CT molecular complexity index is 431. The maximum atomic E-state index is 12.1. The molecule has 0 aliphatic heterocycles. The summed E-state index contributed by atoms with van der Waals surface area (Å²) in [5, 5.41) is 2.89. The lowest BCUT2D eigenvalue weighted by molar-refractivity contribution is -0.140. The summed E-state index contributed by atoms with van der Waals surface area (Å²) in [7, 11) is 1.57. The number of rotatable bonds is 8. The maximum Gasteiger partial charge on any atom is 0.333 e. The Morgan fingerprint density at radius 1 is 1.30 bits per heavy atom. The highest BCUT2D eigenvalue weighted by Crippen LogP contribution is 2.26. The summed E-state index contributed by atoms with van der Waals surface area (Å²) >= 11 is 0. The molecule has 0 radical (unpaired) electrons. The molecule has 0 saturated heterocycles. The minimum absolute atomic E-state index is 0.0616. The first-order chi connectivity index (χ1) is 11.0. The molecule has 1 N–H and O–H groups in total. The van der Waals surface area contributed by atoms with Gasteiger partial charge in [0.05, 0.1) is 31.0 Å². The van der Waals surface area contributed by atoms with E-state index in [4.69, 9.17) is 14.2 Å². The summed E-state index contributed by atoms with van der Waals surface area (Å²) in [4.78, 5) is 23.6. The molecule has 132 valence electrons. The number of hydrogen-bond donors (Lipinski definition) is 1. The van der Waals surface area contributed by atoms with Gasteiger partial charge in [-0.05, 0) is 25.8 Å². The van der Waals surface area contributed by atoms with E-state index in [0.717, 1.165) is 12.8 Å². The molecule has 1 amide bonds. The molecule has 0 spiro atoms. The molecule has 0 saturated carbocycles. The molecule has 0 aromatic heterocycles. The van der Waals surface area contributed by atoms with Gasteiger partial charge in [-0.25, -0.2) is 4.79 Å². The van der Waals surface area contributed by atoms with Crippen molar-refractivity contribution in [2.45, 2.75) is 71.3 Å².